The second-order valence-electron chi connectivity index (χ2n) is 14.2. The average molecular weight is 731 g/mol. The lowest BCUT2D eigenvalue weighted by Gasteiger charge is -2.25. The van der Waals surface area contributed by atoms with Crippen molar-refractivity contribution in [2.75, 3.05) is 78.9 Å². The lowest BCUT2D eigenvalue weighted by Crippen LogP contribution is -2.34. The fourth-order valence-electron chi connectivity index (χ4n) is 6.23. The fourth-order valence-corrected chi connectivity index (χ4v) is 6.23. The Labute approximate surface area is 313 Å². The van der Waals surface area contributed by atoms with Crippen LogP contribution in [-0.2, 0) is 18.9 Å². The molecule has 0 saturated heterocycles. The van der Waals surface area contributed by atoms with Gasteiger partial charge in [-0.25, -0.2) is 9.59 Å². The van der Waals surface area contributed by atoms with Crippen LogP contribution in [0.15, 0.2) is 0 Å². The molecule has 0 amide bonds. The van der Waals surface area contributed by atoms with Crippen molar-refractivity contribution in [3.05, 3.63) is 0 Å². The van der Waals surface area contributed by atoms with Crippen molar-refractivity contribution in [1.29, 1.82) is 0 Å². The maximum Gasteiger partial charge on any atom is 0.508 e. The second kappa shape index (κ2) is 41.1. The Morgan fingerprint density at radius 1 is 0.353 bits per heavy atom. The molecule has 0 aromatic rings. The maximum absolute atomic E-state index is 11.9. The fraction of sp³-hybridized carbons (Fsp3) is 0.951. The van der Waals surface area contributed by atoms with Crippen LogP contribution >= 0.6 is 0 Å². The van der Waals surface area contributed by atoms with E-state index in [1.807, 2.05) is 0 Å². The van der Waals surface area contributed by atoms with Gasteiger partial charge >= 0.3 is 12.3 Å². The Balaban J connectivity index is 4.07. The molecule has 0 bridgehead atoms. The number of hydrogen-bond donors (Lipinski definition) is 2. The summed E-state index contributed by atoms with van der Waals surface area (Å²) >= 11 is 0. The number of nitrogens with zero attached hydrogens (tertiary/aromatic N) is 2. The van der Waals surface area contributed by atoms with Gasteiger partial charge in [0.2, 0.25) is 0 Å². The summed E-state index contributed by atoms with van der Waals surface area (Å²) in [6.45, 7) is 11.4. The summed E-state index contributed by atoms with van der Waals surface area (Å²) in [5.74, 6) is 0. The molecule has 0 radical (unpaired) electrons. The van der Waals surface area contributed by atoms with Crippen LogP contribution < -0.4 is 0 Å². The van der Waals surface area contributed by atoms with Crippen LogP contribution in [0.5, 0.6) is 0 Å². The minimum atomic E-state index is -0.541. The molecule has 0 rings (SSSR count). The summed E-state index contributed by atoms with van der Waals surface area (Å²) < 4.78 is 21.0. The van der Waals surface area contributed by atoms with E-state index in [1.165, 1.54) is 77.0 Å². The molecular formula is C41H82N2O8. The largest absolute Gasteiger partial charge is 0.508 e. The smallest absolute Gasteiger partial charge is 0.434 e. The van der Waals surface area contributed by atoms with Crippen LogP contribution in [0.3, 0.4) is 0 Å². The van der Waals surface area contributed by atoms with E-state index in [9.17, 15) is 19.8 Å². The summed E-state index contributed by atoms with van der Waals surface area (Å²) in [5.41, 5.74) is 0. The predicted molar refractivity (Wildman–Crippen MR) is 208 cm³/mol. The molecule has 0 aromatic heterocycles. The van der Waals surface area contributed by atoms with E-state index in [-0.39, 0.29) is 13.2 Å². The molecule has 0 spiro atoms. The Bertz CT molecular complexity index is 676. The van der Waals surface area contributed by atoms with Crippen LogP contribution in [0.1, 0.15) is 174 Å². The number of aliphatic hydroxyl groups excluding tert-OH is 2. The zero-order valence-corrected chi connectivity index (χ0v) is 33.4. The van der Waals surface area contributed by atoms with E-state index in [0.717, 1.165) is 110 Å². The predicted octanol–water partition coefficient (Wildman–Crippen LogP) is 9.67. The normalized spacial score (nSPS) is 11.4. The van der Waals surface area contributed by atoms with Gasteiger partial charge in [-0.05, 0) is 71.1 Å². The van der Waals surface area contributed by atoms with Crippen molar-refractivity contribution in [2.24, 2.45) is 0 Å². The van der Waals surface area contributed by atoms with Crippen LogP contribution in [0.2, 0.25) is 0 Å². The van der Waals surface area contributed by atoms with E-state index < -0.39 is 12.3 Å². The van der Waals surface area contributed by atoms with Gasteiger partial charge in [-0.3, -0.25) is 4.90 Å². The summed E-state index contributed by atoms with van der Waals surface area (Å²) in [4.78, 5) is 28.3. The third-order valence-electron chi connectivity index (χ3n) is 9.39. The van der Waals surface area contributed by atoms with Crippen LogP contribution in [-0.4, -0.2) is 111 Å². The molecule has 0 aromatic carbocycles. The first kappa shape index (κ1) is 49.4. The molecule has 0 aliphatic heterocycles. The van der Waals surface area contributed by atoms with Crippen molar-refractivity contribution in [1.82, 2.24) is 9.80 Å². The molecule has 51 heavy (non-hydrogen) atoms. The molecule has 304 valence electrons. The first-order valence-electron chi connectivity index (χ1n) is 21.3. The van der Waals surface area contributed by atoms with Gasteiger partial charge < -0.3 is 34.1 Å². The lowest BCUT2D eigenvalue weighted by molar-refractivity contribution is 0.0520. The van der Waals surface area contributed by atoms with Crippen LogP contribution in [0.4, 0.5) is 9.59 Å². The molecule has 0 aliphatic carbocycles. The number of rotatable bonds is 40. The molecule has 2 N–H and O–H groups in total. The van der Waals surface area contributed by atoms with Gasteiger partial charge in [-0.1, -0.05) is 129 Å². The van der Waals surface area contributed by atoms with Gasteiger partial charge in [-0.15, -0.1) is 0 Å². The minimum absolute atomic E-state index is 0.102. The zero-order chi connectivity index (χ0) is 37.3. The Hall–Kier alpha value is -1.62. The number of unbranched alkanes of at least 4 members (excludes halogenated alkanes) is 20. The Kier molecular flexibility index (Phi) is 39.8. The van der Waals surface area contributed by atoms with Gasteiger partial charge in [0.25, 0.3) is 0 Å². The van der Waals surface area contributed by atoms with Gasteiger partial charge in [0.05, 0.1) is 39.6 Å². The van der Waals surface area contributed by atoms with E-state index in [0.29, 0.717) is 39.5 Å². The van der Waals surface area contributed by atoms with E-state index in [2.05, 4.69) is 23.6 Å². The molecule has 0 atom stereocenters. The molecule has 0 aliphatic rings. The number of aliphatic hydroxyl groups is 2. The summed E-state index contributed by atoms with van der Waals surface area (Å²) in [5, 5.41) is 18.7. The third-order valence-corrected chi connectivity index (χ3v) is 9.39. The van der Waals surface area contributed by atoms with Gasteiger partial charge in [-0.2, -0.15) is 0 Å². The molecule has 0 saturated carbocycles. The number of carbonyl (C=O) groups excluding carboxylic acids is 2. The number of hydrogen-bond acceptors (Lipinski definition) is 10. The van der Waals surface area contributed by atoms with E-state index in [1.54, 1.807) is 0 Å². The van der Waals surface area contributed by atoms with Crippen LogP contribution in [0, 0.1) is 0 Å². The monoisotopic (exact) mass is 731 g/mol. The zero-order valence-electron chi connectivity index (χ0n) is 33.4. The van der Waals surface area contributed by atoms with Crippen LogP contribution in [0.25, 0.3) is 0 Å². The Morgan fingerprint density at radius 3 is 0.922 bits per heavy atom. The summed E-state index contributed by atoms with van der Waals surface area (Å²) in [6.07, 6.45) is 27.4. The molecule has 0 unspecified atom stereocenters. The SMILES string of the molecule is CCCCCCCCCCOC(=O)OCCCCCCN(CCCCCCOC(=O)OCCCCCCCCCC)CCCN(CCO)CCO. The summed E-state index contributed by atoms with van der Waals surface area (Å²) in [6, 6.07) is 0. The molecule has 10 heteroatoms. The van der Waals surface area contributed by atoms with Gasteiger partial charge in [0.1, 0.15) is 0 Å². The highest BCUT2D eigenvalue weighted by Gasteiger charge is 2.09. The van der Waals surface area contributed by atoms with Crippen molar-refractivity contribution < 1.29 is 38.7 Å². The lowest BCUT2D eigenvalue weighted by atomic mass is 10.1. The summed E-state index contributed by atoms with van der Waals surface area (Å²) in [7, 11) is 0. The molecule has 0 heterocycles. The number of ether oxygens (including phenoxy) is 4. The highest BCUT2D eigenvalue weighted by molar-refractivity contribution is 5.60. The first-order chi connectivity index (χ1) is 25.1. The highest BCUT2D eigenvalue weighted by Crippen LogP contribution is 2.11. The van der Waals surface area contributed by atoms with Crippen molar-refractivity contribution in [2.45, 2.75) is 174 Å². The topological polar surface area (TPSA) is 118 Å². The third kappa shape index (κ3) is 37.9. The van der Waals surface area contributed by atoms with Crippen molar-refractivity contribution >= 4 is 12.3 Å². The molecule has 0 fully saturated rings. The number of carbonyl (C=O) groups is 2. The average Bonchev–Trinajstić information content (AvgIpc) is 3.12. The second-order valence-corrected chi connectivity index (χ2v) is 14.2. The Morgan fingerprint density at radius 2 is 0.608 bits per heavy atom. The van der Waals surface area contributed by atoms with Crippen molar-refractivity contribution in [3.63, 3.8) is 0 Å². The van der Waals surface area contributed by atoms with E-state index >= 15 is 0 Å². The van der Waals surface area contributed by atoms with E-state index in [4.69, 9.17) is 18.9 Å². The van der Waals surface area contributed by atoms with Gasteiger partial charge in [0.15, 0.2) is 0 Å². The first-order valence-corrected chi connectivity index (χ1v) is 21.3. The molecule has 10 nitrogen and oxygen atoms in total. The maximum atomic E-state index is 11.9. The minimum Gasteiger partial charge on any atom is -0.434 e. The standard InChI is InChI=1S/C41H82N2O8/c1-3-5-7-9-11-13-17-23-36-48-40(46)50-38-25-19-15-21-28-42(30-27-31-43(32-34-44)33-35-45)29-22-16-20-26-39-51-41(47)49-37-24-18-14-12-10-8-6-4-2/h44-45H,3-39H2,1-2H3. The quantitative estimate of drug-likeness (QED) is 0.0466. The molecular weight excluding hydrogens is 648 g/mol. The van der Waals surface area contributed by atoms with Crippen molar-refractivity contribution in [3.8, 4) is 0 Å². The highest BCUT2D eigenvalue weighted by atomic mass is 16.7. The van der Waals surface area contributed by atoms with Gasteiger partial charge in [0, 0.05) is 13.1 Å².